The summed E-state index contributed by atoms with van der Waals surface area (Å²) >= 11 is 0. The molecule has 38 heavy (non-hydrogen) atoms. The molecule has 7 unspecified atom stereocenters. The molecule has 2 N–H and O–H groups in total. The number of aliphatic hydroxyl groups excluding tert-OH is 1. The Morgan fingerprint density at radius 2 is 1.92 bits per heavy atom. The predicted octanol–water partition coefficient (Wildman–Crippen LogP) is 4.76. The van der Waals surface area contributed by atoms with Gasteiger partial charge in [-0.05, 0) is 87.2 Å². The van der Waals surface area contributed by atoms with Crippen LogP contribution in [-0.4, -0.2) is 40.4 Å². The molecule has 4 aliphatic rings. The lowest BCUT2D eigenvalue weighted by molar-refractivity contribution is -0.160. The average Bonchev–Trinajstić information content (AvgIpc) is 3.22. The quantitative estimate of drug-likeness (QED) is 0.500. The molecule has 1 heterocycles. The van der Waals surface area contributed by atoms with Gasteiger partial charge in [0.15, 0.2) is 5.78 Å². The first-order chi connectivity index (χ1) is 18.1. The van der Waals surface area contributed by atoms with Crippen molar-refractivity contribution in [1.82, 2.24) is 10.3 Å². The van der Waals surface area contributed by atoms with Crippen LogP contribution in [0.1, 0.15) is 95.4 Å². The van der Waals surface area contributed by atoms with Crippen molar-refractivity contribution in [3.05, 3.63) is 41.2 Å². The summed E-state index contributed by atoms with van der Waals surface area (Å²) in [5.74, 6) is 1.46. The monoisotopic (exact) mass is 522 g/mol. The summed E-state index contributed by atoms with van der Waals surface area (Å²) in [4.78, 5) is 41.3. The van der Waals surface area contributed by atoms with E-state index in [0.717, 1.165) is 50.6 Å². The Kier molecular flexibility index (Phi) is 7.51. The standard InChI is InChI=1S/C31H42N2O5/c1-19-4-5-20(17-32-19)26(35)18-33-28(36)10-11-29(37)38-27-9-8-24-23-7-6-21-16-22(34)12-14-30(21,2)25(23)13-15-31(24,27)3/h4-5,16-17,23-27,35H,6-15,18H2,1-3H3,(H,33,36). The number of allylic oxidation sites excluding steroid dienone is 1. The number of amides is 1. The number of hydrogen-bond donors (Lipinski definition) is 2. The Hall–Kier alpha value is -2.54. The number of fused-ring (bicyclic) bond motifs is 5. The van der Waals surface area contributed by atoms with Crippen molar-refractivity contribution in [3.63, 3.8) is 0 Å². The molecule has 1 amide bonds. The van der Waals surface area contributed by atoms with Gasteiger partial charge in [-0.25, -0.2) is 0 Å². The summed E-state index contributed by atoms with van der Waals surface area (Å²) in [6, 6.07) is 3.61. The van der Waals surface area contributed by atoms with Crippen molar-refractivity contribution < 1.29 is 24.2 Å². The summed E-state index contributed by atoms with van der Waals surface area (Å²) in [5, 5.41) is 13.0. The van der Waals surface area contributed by atoms with E-state index in [9.17, 15) is 19.5 Å². The Balaban J connectivity index is 1.12. The van der Waals surface area contributed by atoms with Gasteiger partial charge in [0.25, 0.3) is 0 Å². The minimum atomic E-state index is -0.841. The molecule has 3 fully saturated rings. The number of nitrogens with one attached hydrogen (secondary N) is 1. The second kappa shape index (κ2) is 10.6. The number of rotatable bonds is 7. The number of nitrogens with zero attached hydrogens (tertiary/aromatic N) is 1. The SMILES string of the molecule is Cc1ccc(C(O)CNC(=O)CCC(=O)OC2CCC3C4CCC5=CC(=O)CCC5(C)C4CCC23C)cn1. The van der Waals surface area contributed by atoms with E-state index in [1.807, 2.05) is 19.1 Å². The number of carbonyl (C=O) groups is 3. The van der Waals surface area contributed by atoms with Crippen LogP contribution in [0.5, 0.6) is 0 Å². The van der Waals surface area contributed by atoms with Crippen LogP contribution in [-0.2, 0) is 19.1 Å². The molecule has 0 bridgehead atoms. The largest absolute Gasteiger partial charge is 0.462 e. The van der Waals surface area contributed by atoms with Crippen molar-refractivity contribution in [1.29, 1.82) is 0 Å². The zero-order valence-electron chi connectivity index (χ0n) is 23.0. The van der Waals surface area contributed by atoms with E-state index in [2.05, 4.69) is 24.1 Å². The van der Waals surface area contributed by atoms with Gasteiger partial charge in [-0.1, -0.05) is 25.5 Å². The van der Waals surface area contributed by atoms with Crippen LogP contribution in [0.15, 0.2) is 30.0 Å². The molecule has 206 valence electrons. The molecule has 7 atom stereocenters. The lowest BCUT2D eigenvalue weighted by Gasteiger charge is -2.57. The van der Waals surface area contributed by atoms with Gasteiger partial charge in [0.05, 0.1) is 12.5 Å². The zero-order valence-corrected chi connectivity index (χ0v) is 23.0. The third-order valence-corrected chi connectivity index (χ3v) is 10.5. The highest BCUT2D eigenvalue weighted by Gasteiger charge is 2.59. The number of carbonyl (C=O) groups excluding carboxylic acids is 3. The highest BCUT2D eigenvalue weighted by Crippen LogP contribution is 2.65. The molecule has 1 aromatic heterocycles. The van der Waals surface area contributed by atoms with E-state index >= 15 is 0 Å². The summed E-state index contributed by atoms with van der Waals surface area (Å²) in [6.45, 7) is 6.65. The topological polar surface area (TPSA) is 106 Å². The minimum Gasteiger partial charge on any atom is -0.462 e. The van der Waals surface area contributed by atoms with Crippen LogP contribution < -0.4 is 5.32 Å². The Morgan fingerprint density at radius 3 is 2.68 bits per heavy atom. The number of pyridine rings is 1. The average molecular weight is 523 g/mol. The van der Waals surface area contributed by atoms with Crippen LogP contribution >= 0.6 is 0 Å². The number of esters is 1. The van der Waals surface area contributed by atoms with Crippen molar-refractivity contribution in [2.75, 3.05) is 6.54 Å². The fourth-order valence-electron chi connectivity index (χ4n) is 8.23. The van der Waals surface area contributed by atoms with Crippen LogP contribution in [0, 0.1) is 35.5 Å². The van der Waals surface area contributed by atoms with E-state index in [1.54, 1.807) is 12.3 Å². The third-order valence-electron chi connectivity index (χ3n) is 10.5. The van der Waals surface area contributed by atoms with E-state index in [-0.39, 0.29) is 54.0 Å². The maximum absolute atomic E-state index is 12.8. The first kappa shape index (κ1) is 27.0. The lowest BCUT2D eigenvalue weighted by atomic mass is 9.47. The zero-order chi connectivity index (χ0) is 27.1. The summed E-state index contributed by atoms with van der Waals surface area (Å²) in [7, 11) is 0. The molecule has 4 aliphatic carbocycles. The van der Waals surface area contributed by atoms with Gasteiger partial charge in [0, 0.05) is 42.3 Å². The maximum atomic E-state index is 12.8. The van der Waals surface area contributed by atoms with Gasteiger partial charge in [-0.2, -0.15) is 0 Å². The molecule has 0 aromatic carbocycles. The van der Waals surface area contributed by atoms with Gasteiger partial charge in [0.2, 0.25) is 5.91 Å². The van der Waals surface area contributed by atoms with E-state index in [0.29, 0.717) is 29.7 Å². The highest BCUT2D eigenvalue weighted by atomic mass is 16.5. The van der Waals surface area contributed by atoms with Gasteiger partial charge in [-0.3, -0.25) is 19.4 Å². The highest BCUT2D eigenvalue weighted by molar-refractivity contribution is 5.91. The summed E-state index contributed by atoms with van der Waals surface area (Å²) in [5.41, 5.74) is 3.00. The van der Waals surface area contributed by atoms with Crippen molar-refractivity contribution in [3.8, 4) is 0 Å². The van der Waals surface area contributed by atoms with Gasteiger partial charge >= 0.3 is 5.97 Å². The summed E-state index contributed by atoms with van der Waals surface area (Å²) in [6.07, 6.45) is 10.6. The second-order valence-electron chi connectivity index (χ2n) is 12.6. The Bertz CT molecular complexity index is 1110. The van der Waals surface area contributed by atoms with Crippen LogP contribution in [0.25, 0.3) is 0 Å². The molecule has 7 heteroatoms. The first-order valence-electron chi connectivity index (χ1n) is 14.4. The van der Waals surface area contributed by atoms with Crippen LogP contribution in [0.3, 0.4) is 0 Å². The number of aliphatic hydroxyl groups is 1. The summed E-state index contributed by atoms with van der Waals surface area (Å²) < 4.78 is 6.03. The molecule has 0 saturated heterocycles. The lowest BCUT2D eigenvalue weighted by Crippen LogP contribution is -2.51. The van der Waals surface area contributed by atoms with Crippen molar-refractivity contribution in [2.24, 2.45) is 28.6 Å². The number of ether oxygens (including phenoxy) is 1. The predicted molar refractivity (Wildman–Crippen MR) is 143 cm³/mol. The molecular formula is C31H42N2O5. The first-order valence-corrected chi connectivity index (χ1v) is 14.4. The Labute approximate surface area is 225 Å². The van der Waals surface area contributed by atoms with Crippen LogP contribution in [0.2, 0.25) is 0 Å². The second-order valence-corrected chi connectivity index (χ2v) is 12.6. The fourth-order valence-corrected chi connectivity index (χ4v) is 8.23. The molecular weight excluding hydrogens is 480 g/mol. The number of ketones is 1. The van der Waals surface area contributed by atoms with Gasteiger partial charge in [0.1, 0.15) is 6.10 Å². The normalized spacial score (nSPS) is 34.8. The smallest absolute Gasteiger partial charge is 0.306 e. The van der Waals surface area contributed by atoms with Crippen LogP contribution in [0.4, 0.5) is 0 Å². The minimum absolute atomic E-state index is 0.0205. The molecule has 0 spiro atoms. The van der Waals surface area contributed by atoms with Crippen molar-refractivity contribution in [2.45, 2.75) is 97.2 Å². The molecule has 0 aliphatic heterocycles. The van der Waals surface area contributed by atoms with E-state index in [1.165, 1.54) is 5.57 Å². The molecule has 5 rings (SSSR count). The molecule has 0 radical (unpaired) electrons. The van der Waals surface area contributed by atoms with Gasteiger partial charge < -0.3 is 15.2 Å². The van der Waals surface area contributed by atoms with Crippen molar-refractivity contribution >= 4 is 17.7 Å². The number of aryl methyl sites for hydroxylation is 1. The third kappa shape index (κ3) is 5.06. The van der Waals surface area contributed by atoms with E-state index < -0.39 is 6.10 Å². The van der Waals surface area contributed by atoms with Gasteiger partial charge in [-0.15, -0.1) is 0 Å². The molecule has 7 nitrogen and oxygen atoms in total. The fraction of sp³-hybridized carbons (Fsp3) is 0.677. The van der Waals surface area contributed by atoms with E-state index in [4.69, 9.17) is 4.74 Å². The maximum Gasteiger partial charge on any atom is 0.306 e. The Morgan fingerprint density at radius 1 is 1.11 bits per heavy atom. The molecule has 1 aromatic rings. The number of aromatic nitrogens is 1. The number of hydrogen-bond acceptors (Lipinski definition) is 6. The molecule has 3 saturated carbocycles.